The van der Waals surface area contributed by atoms with Crippen molar-refractivity contribution in [2.45, 2.75) is 57.0 Å². The number of hydrogen-bond donors (Lipinski definition) is 2. The van der Waals surface area contributed by atoms with Gasteiger partial charge in [-0.15, -0.1) is 0 Å². The molecule has 7 nitrogen and oxygen atoms in total. The number of anilines is 1. The molecular formula is C25H38N6O. The first kappa shape index (κ1) is 22.9. The highest BCUT2D eigenvalue weighted by molar-refractivity contribution is 5.80. The number of aliphatic imine (C=N–C) groups is 1. The van der Waals surface area contributed by atoms with Crippen molar-refractivity contribution in [3.8, 4) is 6.07 Å². The Labute approximate surface area is 192 Å². The summed E-state index contributed by atoms with van der Waals surface area (Å²) in [7, 11) is 0. The normalized spacial score (nSPS) is 24.2. The molecule has 3 saturated heterocycles. The Hall–Kier alpha value is -2.30. The van der Waals surface area contributed by atoms with Crippen molar-refractivity contribution in [3.63, 3.8) is 0 Å². The topological polar surface area (TPSA) is 75.9 Å². The summed E-state index contributed by atoms with van der Waals surface area (Å²) in [4.78, 5) is 10.1. The number of nitrogens with one attached hydrogen (secondary N) is 2. The van der Waals surface area contributed by atoms with E-state index in [0.717, 1.165) is 82.3 Å². The van der Waals surface area contributed by atoms with Gasteiger partial charge in [0.2, 0.25) is 0 Å². The summed E-state index contributed by atoms with van der Waals surface area (Å²) in [6.45, 7) is 9.72. The van der Waals surface area contributed by atoms with E-state index >= 15 is 0 Å². The summed E-state index contributed by atoms with van der Waals surface area (Å²) in [6.07, 6.45) is 6.95. The van der Waals surface area contributed by atoms with Crippen LogP contribution in [0.25, 0.3) is 0 Å². The molecule has 3 fully saturated rings. The van der Waals surface area contributed by atoms with Gasteiger partial charge in [0.15, 0.2) is 5.96 Å². The Balaban J connectivity index is 1.44. The number of piperidine rings is 1. The van der Waals surface area contributed by atoms with Crippen LogP contribution in [-0.2, 0) is 4.74 Å². The summed E-state index contributed by atoms with van der Waals surface area (Å²) in [6, 6.07) is 10.6. The third-order valence-corrected chi connectivity index (χ3v) is 7.20. The Bertz CT molecular complexity index is 807. The van der Waals surface area contributed by atoms with Gasteiger partial charge in [-0.3, -0.25) is 9.89 Å². The first-order valence-corrected chi connectivity index (χ1v) is 12.4. The lowest BCUT2D eigenvalue weighted by Crippen LogP contribution is -2.55. The van der Waals surface area contributed by atoms with E-state index in [1.165, 1.54) is 25.9 Å². The number of rotatable bonds is 6. The second kappa shape index (κ2) is 11.0. The summed E-state index contributed by atoms with van der Waals surface area (Å²) >= 11 is 0. The van der Waals surface area contributed by atoms with Crippen molar-refractivity contribution in [2.24, 2.45) is 4.99 Å². The minimum absolute atomic E-state index is 0.140. The van der Waals surface area contributed by atoms with Gasteiger partial charge >= 0.3 is 0 Å². The van der Waals surface area contributed by atoms with Gasteiger partial charge in [0.05, 0.1) is 17.8 Å². The lowest BCUT2D eigenvalue weighted by atomic mass is 9.88. The standard InChI is InChI=1S/C25H38N6O/c1-2-27-24(28-20-25(11-16-32-17-12-25)31-14-5-6-15-31)29-22-9-7-13-30(19-22)23-10-4-3-8-21(23)18-26/h3-4,8,10,22H,2,5-7,9,11-17,19-20H2,1H3,(H2,27,28,29). The van der Waals surface area contributed by atoms with E-state index in [9.17, 15) is 5.26 Å². The van der Waals surface area contributed by atoms with Crippen molar-refractivity contribution in [1.29, 1.82) is 5.26 Å². The highest BCUT2D eigenvalue weighted by Gasteiger charge is 2.39. The molecule has 4 rings (SSSR count). The Kier molecular flexibility index (Phi) is 7.88. The fourth-order valence-corrected chi connectivity index (χ4v) is 5.41. The fraction of sp³-hybridized carbons (Fsp3) is 0.680. The molecule has 3 aliphatic heterocycles. The Morgan fingerprint density at radius 3 is 2.72 bits per heavy atom. The smallest absolute Gasteiger partial charge is 0.191 e. The largest absolute Gasteiger partial charge is 0.381 e. The van der Waals surface area contributed by atoms with Crippen LogP contribution in [0.4, 0.5) is 5.69 Å². The van der Waals surface area contributed by atoms with Gasteiger partial charge in [-0.05, 0) is 70.7 Å². The maximum Gasteiger partial charge on any atom is 0.191 e. The van der Waals surface area contributed by atoms with E-state index in [-0.39, 0.29) is 5.54 Å². The van der Waals surface area contributed by atoms with Gasteiger partial charge in [0.1, 0.15) is 6.07 Å². The second-order valence-corrected chi connectivity index (χ2v) is 9.28. The zero-order valence-electron chi connectivity index (χ0n) is 19.5. The van der Waals surface area contributed by atoms with E-state index in [1.807, 2.05) is 18.2 Å². The highest BCUT2D eigenvalue weighted by Crippen LogP contribution is 2.31. The molecule has 174 valence electrons. The molecule has 0 aliphatic carbocycles. The van der Waals surface area contributed by atoms with Gasteiger partial charge in [-0.1, -0.05) is 12.1 Å². The zero-order valence-corrected chi connectivity index (χ0v) is 19.5. The van der Waals surface area contributed by atoms with E-state index in [0.29, 0.717) is 6.04 Å². The van der Waals surface area contributed by atoms with Crippen LogP contribution >= 0.6 is 0 Å². The van der Waals surface area contributed by atoms with Gasteiger partial charge in [0, 0.05) is 44.4 Å². The molecule has 32 heavy (non-hydrogen) atoms. The number of nitrogens with zero attached hydrogens (tertiary/aromatic N) is 4. The van der Waals surface area contributed by atoms with Gasteiger partial charge in [0.25, 0.3) is 0 Å². The molecular weight excluding hydrogens is 400 g/mol. The van der Waals surface area contributed by atoms with Crippen molar-refractivity contribution in [2.75, 3.05) is 57.4 Å². The predicted octanol–water partition coefficient (Wildman–Crippen LogP) is 2.73. The molecule has 0 bridgehead atoms. The molecule has 7 heteroatoms. The Morgan fingerprint density at radius 1 is 1.19 bits per heavy atom. The molecule has 1 aromatic rings. The minimum atomic E-state index is 0.140. The summed E-state index contributed by atoms with van der Waals surface area (Å²) in [5, 5.41) is 16.7. The van der Waals surface area contributed by atoms with Crippen LogP contribution in [0.5, 0.6) is 0 Å². The third kappa shape index (κ3) is 5.36. The summed E-state index contributed by atoms with van der Waals surface area (Å²) in [5.74, 6) is 0.915. The number of guanidine groups is 1. The quantitative estimate of drug-likeness (QED) is 0.525. The Morgan fingerprint density at radius 2 is 1.97 bits per heavy atom. The molecule has 0 saturated carbocycles. The zero-order chi connectivity index (χ0) is 22.2. The molecule has 1 atom stereocenters. The fourth-order valence-electron chi connectivity index (χ4n) is 5.41. The lowest BCUT2D eigenvalue weighted by Gasteiger charge is -2.43. The SMILES string of the molecule is CCNC(=NCC1(N2CCCC2)CCOCC1)NC1CCCN(c2ccccc2C#N)C1. The average molecular weight is 439 g/mol. The lowest BCUT2D eigenvalue weighted by molar-refractivity contribution is -0.0139. The van der Waals surface area contributed by atoms with Gasteiger partial charge in [-0.25, -0.2) is 0 Å². The molecule has 0 amide bonds. The van der Waals surface area contributed by atoms with Crippen LogP contribution < -0.4 is 15.5 Å². The summed E-state index contributed by atoms with van der Waals surface area (Å²) < 4.78 is 5.70. The van der Waals surface area contributed by atoms with Crippen molar-refractivity contribution >= 4 is 11.6 Å². The van der Waals surface area contributed by atoms with Crippen molar-refractivity contribution < 1.29 is 4.74 Å². The summed E-state index contributed by atoms with van der Waals surface area (Å²) in [5.41, 5.74) is 1.93. The average Bonchev–Trinajstić information content (AvgIpc) is 3.39. The molecule has 0 spiro atoms. The van der Waals surface area contributed by atoms with Crippen LogP contribution in [-0.4, -0.2) is 74.9 Å². The number of nitriles is 1. The number of ether oxygens (including phenoxy) is 1. The molecule has 0 radical (unpaired) electrons. The first-order chi connectivity index (χ1) is 15.7. The number of hydrogen-bond acceptors (Lipinski definition) is 5. The predicted molar refractivity (Wildman–Crippen MR) is 129 cm³/mol. The van der Waals surface area contributed by atoms with E-state index < -0.39 is 0 Å². The highest BCUT2D eigenvalue weighted by atomic mass is 16.5. The monoisotopic (exact) mass is 438 g/mol. The number of benzene rings is 1. The maximum absolute atomic E-state index is 9.50. The van der Waals surface area contributed by atoms with Crippen molar-refractivity contribution in [1.82, 2.24) is 15.5 Å². The van der Waals surface area contributed by atoms with Crippen LogP contribution in [0, 0.1) is 11.3 Å². The maximum atomic E-state index is 9.50. The van der Waals surface area contributed by atoms with Gasteiger partial charge in [-0.2, -0.15) is 5.26 Å². The van der Waals surface area contributed by atoms with Crippen LogP contribution in [0.3, 0.4) is 0 Å². The molecule has 3 heterocycles. The number of likely N-dealkylation sites (tertiary alicyclic amines) is 1. The van der Waals surface area contributed by atoms with Crippen LogP contribution in [0.2, 0.25) is 0 Å². The molecule has 3 aliphatic rings. The first-order valence-electron chi connectivity index (χ1n) is 12.4. The van der Waals surface area contributed by atoms with E-state index in [4.69, 9.17) is 9.73 Å². The third-order valence-electron chi connectivity index (χ3n) is 7.20. The molecule has 1 aromatic carbocycles. The molecule has 2 N–H and O–H groups in total. The minimum Gasteiger partial charge on any atom is -0.381 e. The number of para-hydroxylation sites is 1. The van der Waals surface area contributed by atoms with Crippen molar-refractivity contribution in [3.05, 3.63) is 29.8 Å². The second-order valence-electron chi connectivity index (χ2n) is 9.28. The molecule has 1 unspecified atom stereocenters. The van der Waals surface area contributed by atoms with Crippen LogP contribution in [0.1, 0.15) is 51.0 Å². The molecule has 0 aromatic heterocycles. The van der Waals surface area contributed by atoms with E-state index in [2.05, 4.69) is 39.5 Å². The van der Waals surface area contributed by atoms with Crippen LogP contribution in [0.15, 0.2) is 29.3 Å². The van der Waals surface area contributed by atoms with E-state index in [1.54, 1.807) is 0 Å². The van der Waals surface area contributed by atoms with Gasteiger partial charge < -0.3 is 20.3 Å².